The zero-order chi connectivity index (χ0) is 41.3. The summed E-state index contributed by atoms with van der Waals surface area (Å²) in [6.45, 7) is 4.66. The van der Waals surface area contributed by atoms with Crippen molar-refractivity contribution in [2.75, 3.05) is 47.5 Å². The summed E-state index contributed by atoms with van der Waals surface area (Å²) < 4.78 is 25.4. The quantitative estimate of drug-likeness (QED) is 0.0205. The van der Waals surface area contributed by atoms with Crippen molar-refractivity contribution < 1.29 is 47.5 Å². The van der Waals surface area contributed by atoms with Crippen molar-refractivity contribution in [2.24, 2.45) is 0 Å². The molecule has 0 radical (unpaired) electrons. The van der Waals surface area contributed by atoms with Crippen LogP contribution in [0.25, 0.3) is 0 Å². The van der Waals surface area contributed by atoms with Gasteiger partial charge >= 0.3 is 11.9 Å². The number of likely N-dealkylation sites (N-methyl/N-ethyl adjacent to an activating group) is 1. The summed E-state index contributed by atoms with van der Waals surface area (Å²) in [6, 6.07) is 0. The number of ether oxygens (including phenoxy) is 2. The van der Waals surface area contributed by atoms with Crippen molar-refractivity contribution in [3.05, 3.63) is 24.3 Å². The average molecular weight is 804 g/mol. The molecule has 0 saturated heterocycles. The van der Waals surface area contributed by atoms with Crippen LogP contribution >= 0.6 is 7.82 Å². The molecule has 0 aromatic heterocycles. The Morgan fingerprint density at radius 1 is 0.618 bits per heavy atom. The van der Waals surface area contributed by atoms with Gasteiger partial charge in [-0.25, -0.2) is 0 Å². The number of carbonyl (C=O) groups is 2. The van der Waals surface area contributed by atoms with Crippen molar-refractivity contribution in [1.29, 1.82) is 0 Å². The predicted molar refractivity (Wildman–Crippen MR) is 226 cm³/mol. The van der Waals surface area contributed by atoms with Gasteiger partial charge in [-0.3, -0.25) is 14.2 Å². The second-order valence-corrected chi connectivity index (χ2v) is 17.2. The highest BCUT2D eigenvalue weighted by Gasteiger charge is 2.16. The Balaban J connectivity index is 0. The van der Waals surface area contributed by atoms with Gasteiger partial charge in [0.25, 0.3) is 7.82 Å². The number of phosphoric acid groups is 1. The van der Waals surface area contributed by atoms with Gasteiger partial charge in [0.05, 0.1) is 27.7 Å². The van der Waals surface area contributed by atoms with E-state index in [4.69, 9.17) is 14.4 Å². The van der Waals surface area contributed by atoms with Crippen molar-refractivity contribution in [3.8, 4) is 0 Å². The number of quaternary nitrogens is 1. The maximum Gasteiger partial charge on any atom is 0.306 e. The molecule has 10 nitrogen and oxygen atoms in total. The number of phosphoric ester groups is 1. The van der Waals surface area contributed by atoms with Crippen LogP contribution in [-0.2, 0) is 28.2 Å². The Bertz CT molecular complexity index is 961. The summed E-state index contributed by atoms with van der Waals surface area (Å²) in [4.78, 5) is 42.4. The summed E-state index contributed by atoms with van der Waals surface area (Å²) in [5.74, 6) is -0.607. The number of carbonyl (C=O) groups excluding carboxylic acids is 2. The molecule has 0 aromatic rings. The van der Waals surface area contributed by atoms with E-state index in [2.05, 4.69) is 42.7 Å². The number of hydrogen-bond acceptors (Lipinski definition) is 8. The zero-order valence-electron chi connectivity index (χ0n) is 36.2. The highest BCUT2D eigenvalue weighted by Crippen LogP contribution is 2.29. The van der Waals surface area contributed by atoms with Crippen LogP contribution in [0.1, 0.15) is 194 Å². The lowest BCUT2D eigenvalue weighted by Crippen LogP contribution is -2.37. The molecule has 326 valence electrons. The molecular formula is C44H86NO9P. The minimum absolute atomic E-state index is 0.0147. The van der Waals surface area contributed by atoms with Crippen molar-refractivity contribution in [1.82, 2.24) is 0 Å². The molecule has 0 amide bonds. The number of hydrogen-bond donors (Lipinski definition) is 2. The second kappa shape index (κ2) is 40.6. The SMILES string of the molecule is CCCCCCCC/C=C\CCCCCCCC(=O)OC[C@H](CO)OC(=O)CCCCCCC/C=C\CCCCCCCC.C[N+](C)(C)CCOP(=O)([O-])O. The first-order chi connectivity index (χ1) is 26.3. The third kappa shape index (κ3) is 50.4. The van der Waals surface area contributed by atoms with E-state index in [0.717, 1.165) is 51.4 Å². The normalized spacial score (nSPS) is 13.5. The molecular weight excluding hydrogens is 717 g/mol. The molecule has 0 aliphatic rings. The minimum atomic E-state index is -4.51. The van der Waals surface area contributed by atoms with Gasteiger partial charge in [-0.05, 0) is 64.2 Å². The number of rotatable bonds is 38. The maximum atomic E-state index is 12.1. The monoisotopic (exact) mass is 804 g/mol. The third-order valence-electron chi connectivity index (χ3n) is 9.23. The van der Waals surface area contributed by atoms with Gasteiger partial charge in [0, 0.05) is 12.8 Å². The first-order valence-corrected chi connectivity index (χ1v) is 23.6. The Hall–Kier alpha value is -1.55. The summed E-state index contributed by atoms with van der Waals surface area (Å²) in [5, 5.41) is 9.53. The number of allylic oxidation sites excluding steroid dienone is 4. The molecule has 11 heteroatoms. The molecule has 2 N–H and O–H groups in total. The van der Waals surface area contributed by atoms with Crippen molar-refractivity contribution >= 4 is 19.8 Å². The van der Waals surface area contributed by atoms with Gasteiger partial charge < -0.3 is 33.4 Å². The summed E-state index contributed by atoms with van der Waals surface area (Å²) in [7, 11) is 1.19. The van der Waals surface area contributed by atoms with E-state index in [-0.39, 0.29) is 31.8 Å². The van der Waals surface area contributed by atoms with Crippen LogP contribution in [0, 0.1) is 0 Å². The summed E-state index contributed by atoms with van der Waals surface area (Å²) in [5.41, 5.74) is 0. The van der Waals surface area contributed by atoms with E-state index in [1.807, 2.05) is 21.1 Å². The molecule has 0 spiro atoms. The number of unbranched alkanes of at least 4 members (excludes halogenated alkanes) is 22. The molecule has 55 heavy (non-hydrogen) atoms. The highest BCUT2D eigenvalue weighted by molar-refractivity contribution is 7.44. The smallest absolute Gasteiger partial charge is 0.306 e. The molecule has 0 rings (SSSR count). The summed E-state index contributed by atoms with van der Waals surface area (Å²) in [6.07, 6.45) is 40.9. The van der Waals surface area contributed by atoms with Crippen LogP contribution in [-0.4, -0.2) is 80.0 Å². The molecule has 0 bridgehead atoms. The lowest BCUT2D eigenvalue weighted by Gasteiger charge is -2.25. The van der Waals surface area contributed by atoms with Crippen molar-refractivity contribution in [2.45, 2.75) is 200 Å². The van der Waals surface area contributed by atoms with Gasteiger partial charge in [-0.15, -0.1) is 0 Å². The lowest BCUT2D eigenvalue weighted by atomic mass is 10.1. The first-order valence-electron chi connectivity index (χ1n) is 22.1. The van der Waals surface area contributed by atoms with Crippen LogP contribution in [0.3, 0.4) is 0 Å². The van der Waals surface area contributed by atoms with Crippen LogP contribution in [0.15, 0.2) is 24.3 Å². The van der Waals surface area contributed by atoms with Gasteiger partial charge in [0.2, 0.25) is 0 Å². The number of aliphatic hydroxyl groups is 1. The molecule has 0 aliphatic carbocycles. The van der Waals surface area contributed by atoms with E-state index < -0.39 is 13.9 Å². The van der Waals surface area contributed by atoms with Crippen LogP contribution < -0.4 is 4.89 Å². The van der Waals surface area contributed by atoms with Crippen LogP contribution in [0.2, 0.25) is 0 Å². The maximum absolute atomic E-state index is 12.1. The standard InChI is InChI=1S/C39H72O5.C5H14NO4P/c1-3-5-7-9-11-13-15-17-19-21-23-25-27-29-31-33-38(41)43-36-37(35-40)44-39(42)34-32-30-28-26-24-22-20-18-16-14-12-10-8-6-4-2;1-6(2,3)4-5-10-11(7,8)9/h17-20,37,40H,3-16,21-36H2,1-2H3;4-5H2,1-3H3,(H-,7,8,9)/b19-17-,20-18-;/t37-;/m0./s1. The Morgan fingerprint density at radius 3 is 1.35 bits per heavy atom. The molecule has 0 aliphatic heterocycles. The number of esters is 2. The van der Waals surface area contributed by atoms with Gasteiger partial charge in [-0.2, -0.15) is 0 Å². The molecule has 0 heterocycles. The second-order valence-electron chi connectivity index (χ2n) is 16.0. The van der Waals surface area contributed by atoms with Gasteiger partial charge in [0.1, 0.15) is 19.8 Å². The van der Waals surface area contributed by atoms with Gasteiger partial charge in [-0.1, -0.05) is 141 Å². The highest BCUT2D eigenvalue weighted by atomic mass is 31.2. The van der Waals surface area contributed by atoms with Crippen molar-refractivity contribution in [3.63, 3.8) is 0 Å². The van der Waals surface area contributed by atoms with Crippen LogP contribution in [0.5, 0.6) is 0 Å². The molecule has 0 fully saturated rings. The molecule has 0 saturated carbocycles. The van der Waals surface area contributed by atoms with Crippen LogP contribution in [0.4, 0.5) is 0 Å². The predicted octanol–water partition coefficient (Wildman–Crippen LogP) is 10.7. The summed E-state index contributed by atoms with van der Waals surface area (Å²) >= 11 is 0. The molecule has 2 atom stereocenters. The lowest BCUT2D eigenvalue weighted by molar-refractivity contribution is -0.870. The minimum Gasteiger partial charge on any atom is -0.756 e. The van der Waals surface area contributed by atoms with E-state index in [9.17, 15) is 24.2 Å². The fourth-order valence-electron chi connectivity index (χ4n) is 5.74. The van der Waals surface area contributed by atoms with Gasteiger partial charge in [0.15, 0.2) is 6.10 Å². The number of nitrogens with zero attached hydrogens (tertiary/aromatic N) is 1. The average Bonchev–Trinajstić information content (AvgIpc) is 3.12. The Morgan fingerprint density at radius 2 is 0.982 bits per heavy atom. The van der Waals surface area contributed by atoms with E-state index in [1.54, 1.807) is 0 Å². The largest absolute Gasteiger partial charge is 0.756 e. The first kappa shape index (κ1) is 55.5. The molecule has 0 aromatic carbocycles. The fourth-order valence-corrected chi connectivity index (χ4v) is 6.05. The molecule has 1 unspecified atom stereocenters. The number of aliphatic hydroxyl groups excluding tert-OH is 1. The fraction of sp³-hybridized carbons (Fsp3) is 0.864. The topological polar surface area (TPSA) is 142 Å². The third-order valence-corrected chi connectivity index (χ3v) is 9.74. The zero-order valence-corrected chi connectivity index (χ0v) is 37.1. The van der Waals surface area contributed by atoms with E-state index >= 15 is 0 Å². The Kier molecular flexibility index (Phi) is 41.0. The Labute approximate surface area is 338 Å². The van der Waals surface area contributed by atoms with E-state index in [1.165, 1.54) is 116 Å². The van der Waals surface area contributed by atoms with E-state index in [0.29, 0.717) is 23.9 Å².